The fourth-order valence-corrected chi connectivity index (χ4v) is 1.25. The van der Waals surface area contributed by atoms with E-state index in [9.17, 15) is 14.9 Å². The largest absolute Gasteiger partial charge is 0.482 e. The number of non-ortho nitro benzene ring substituents is 1. The smallest absolute Gasteiger partial charge is 0.344 e. The lowest BCUT2D eigenvalue weighted by atomic mass is 10.2. The number of nitro groups is 1. The number of ether oxygens (including phenoxy) is 2. The lowest BCUT2D eigenvalue weighted by molar-refractivity contribution is -0.384. The average molecular weight is 239 g/mol. The third kappa shape index (κ3) is 3.75. The van der Waals surface area contributed by atoms with Crippen LogP contribution < -0.4 is 4.74 Å². The second kappa shape index (κ2) is 5.83. The first-order chi connectivity index (χ1) is 8.04. The van der Waals surface area contributed by atoms with Gasteiger partial charge in [0.1, 0.15) is 5.75 Å². The van der Waals surface area contributed by atoms with E-state index < -0.39 is 10.9 Å². The predicted octanol–water partition coefficient (Wildman–Crippen LogP) is 1.85. The Morgan fingerprint density at radius 1 is 1.47 bits per heavy atom. The molecule has 0 aromatic heterocycles. The highest BCUT2D eigenvalue weighted by Gasteiger charge is 2.10. The van der Waals surface area contributed by atoms with Gasteiger partial charge in [-0.25, -0.2) is 4.79 Å². The summed E-state index contributed by atoms with van der Waals surface area (Å²) in [7, 11) is 0. The van der Waals surface area contributed by atoms with Crippen molar-refractivity contribution >= 4 is 11.7 Å². The average Bonchev–Trinajstić information content (AvgIpc) is 2.27. The second-order valence-electron chi connectivity index (χ2n) is 3.30. The molecule has 0 amide bonds. The van der Waals surface area contributed by atoms with Crippen molar-refractivity contribution in [3.8, 4) is 5.75 Å². The topological polar surface area (TPSA) is 78.7 Å². The fourth-order valence-electron chi connectivity index (χ4n) is 1.25. The molecular formula is C11H13NO5. The minimum atomic E-state index is -0.484. The summed E-state index contributed by atoms with van der Waals surface area (Å²) in [5.74, 6) is -0.0334. The molecule has 0 radical (unpaired) electrons. The first kappa shape index (κ1) is 13.0. The van der Waals surface area contributed by atoms with Crippen LogP contribution in [0.15, 0.2) is 18.2 Å². The molecule has 1 rings (SSSR count). The van der Waals surface area contributed by atoms with Crippen molar-refractivity contribution in [3.05, 3.63) is 33.9 Å². The molecule has 6 nitrogen and oxygen atoms in total. The van der Waals surface area contributed by atoms with Gasteiger partial charge in [-0.2, -0.15) is 0 Å². The van der Waals surface area contributed by atoms with E-state index in [-0.39, 0.29) is 12.3 Å². The summed E-state index contributed by atoms with van der Waals surface area (Å²) < 4.78 is 9.88. The number of hydrogen-bond donors (Lipinski definition) is 0. The monoisotopic (exact) mass is 239 g/mol. The molecule has 0 saturated carbocycles. The molecule has 0 atom stereocenters. The van der Waals surface area contributed by atoms with Crippen molar-refractivity contribution in [3.63, 3.8) is 0 Å². The molecule has 0 aliphatic carbocycles. The van der Waals surface area contributed by atoms with Crippen LogP contribution in [0.25, 0.3) is 0 Å². The summed E-state index contributed by atoms with van der Waals surface area (Å²) in [6.07, 6.45) is 0. The highest BCUT2D eigenvalue weighted by Crippen LogP contribution is 2.23. The molecule has 6 heteroatoms. The first-order valence-corrected chi connectivity index (χ1v) is 5.08. The van der Waals surface area contributed by atoms with E-state index in [0.29, 0.717) is 17.9 Å². The number of esters is 1. The Morgan fingerprint density at radius 3 is 2.71 bits per heavy atom. The van der Waals surface area contributed by atoms with Crippen LogP contribution in [0.1, 0.15) is 12.5 Å². The molecule has 92 valence electrons. The van der Waals surface area contributed by atoms with Crippen molar-refractivity contribution in [2.75, 3.05) is 13.2 Å². The minimum Gasteiger partial charge on any atom is -0.482 e. The van der Waals surface area contributed by atoms with Crippen LogP contribution >= 0.6 is 0 Å². The molecule has 0 aliphatic heterocycles. The summed E-state index contributed by atoms with van der Waals surface area (Å²) in [6.45, 7) is 3.47. The van der Waals surface area contributed by atoms with Crippen molar-refractivity contribution in [2.24, 2.45) is 0 Å². The maximum Gasteiger partial charge on any atom is 0.344 e. The summed E-state index contributed by atoms with van der Waals surface area (Å²) in [4.78, 5) is 21.1. The lowest BCUT2D eigenvalue weighted by Crippen LogP contribution is -2.14. The van der Waals surface area contributed by atoms with Crippen LogP contribution in [0, 0.1) is 17.0 Å². The maximum absolute atomic E-state index is 11.0. The quantitative estimate of drug-likeness (QED) is 0.445. The third-order valence-corrected chi connectivity index (χ3v) is 2.02. The van der Waals surface area contributed by atoms with Gasteiger partial charge in [-0.3, -0.25) is 10.1 Å². The Labute approximate surface area is 98.3 Å². The summed E-state index contributed by atoms with van der Waals surface area (Å²) in [6, 6.07) is 4.18. The van der Waals surface area contributed by atoms with Gasteiger partial charge in [-0.05, 0) is 25.5 Å². The van der Waals surface area contributed by atoms with E-state index >= 15 is 0 Å². The van der Waals surface area contributed by atoms with E-state index in [1.165, 1.54) is 18.2 Å². The molecule has 0 unspecified atom stereocenters. The maximum atomic E-state index is 11.0. The second-order valence-corrected chi connectivity index (χ2v) is 3.30. The Bertz CT molecular complexity index is 430. The zero-order chi connectivity index (χ0) is 12.8. The fraction of sp³-hybridized carbons (Fsp3) is 0.364. The van der Waals surface area contributed by atoms with Crippen molar-refractivity contribution in [2.45, 2.75) is 13.8 Å². The number of nitrogens with zero attached hydrogens (tertiary/aromatic N) is 1. The lowest BCUT2D eigenvalue weighted by Gasteiger charge is -2.07. The number of rotatable bonds is 5. The predicted molar refractivity (Wildman–Crippen MR) is 60.0 cm³/mol. The van der Waals surface area contributed by atoms with Crippen LogP contribution in [0.2, 0.25) is 0 Å². The molecule has 0 heterocycles. The van der Waals surface area contributed by atoms with Gasteiger partial charge in [-0.1, -0.05) is 0 Å². The zero-order valence-electron chi connectivity index (χ0n) is 9.63. The van der Waals surface area contributed by atoms with Crippen LogP contribution in [-0.4, -0.2) is 24.1 Å². The zero-order valence-corrected chi connectivity index (χ0v) is 9.63. The van der Waals surface area contributed by atoms with Gasteiger partial charge in [0.15, 0.2) is 6.61 Å². The molecule has 0 saturated heterocycles. The highest BCUT2D eigenvalue weighted by atomic mass is 16.6. The van der Waals surface area contributed by atoms with Crippen molar-refractivity contribution in [1.82, 2.24) is 0 Å². The van der Waals surface area contributed by atoms with Crippen LogP contribution in [0.3, 0.4) is 0 Å². The Hall–Kier alpha value is -2.11. The highest BCUT2D eigenvalue weighted by molar-refractivity contribution is 5.71. The van der Waals surface area contributed by atoms with Crippen molar-refractivity contribution < 1.29 is 19.2 Å². The van der Waals surface area contributed by atoms with E-state index in [1.807, 2.05) is 0 Å². The molecular weight excluding hydrogens is 226 g/mol. The number of aryl methyl sites for hydroxylation is 1. The number of nitro benzene ring substituents is 1. The van der Waals surface area contributed by atoms with Gasteiger partial charge in [-0.15, -0.1) is 0 Å². The Balaban J connectivity index is 2.66. The summed E-state index contributed by atoms with van der Waals surface area (Å²) in [5, 5.41) is 10.5. The number of hydrogen-bond acceptors (Lipinski definition) is 5. The Morgan fingerprint density at radius 2 is 2.18 bits per heavy atom. The SMILES string of the molecule is CCOC(=O)COc1ccc([N+](=O)[O-])cc1C. The van der Waals surface area contributed by atoms with Crippen LogP contribution in [0.4, 0.5) is 5.69 Å². The van der Waals surface area contributed by atoms with E-state index in [0.717, 1.165) is 0 Å². The van der Waals surface area contributed by atoms with Gasteiger partial charge < -0.3 is 9.47 Å². The molecule has 0 N–H and O–H groups in total. The minimum absolute atomic E-state index is 0.00835. The van der Waals surface area contributed by atoms with Gasteiger partial charge in [0.05, 0.1) is 11.5 Å². The first-order valence-electron chi connectivity index (χ1n) is 5.08. The standard InChI is InChI=1S/C11H13NO5/c1-3-16-11(13)7-17-10-5-4-9(12(14)15)6-8(10)2/h4-6H,3,7H2,1-2H3. The molecule has 0 bridgehead atoms. The molecule has 0 spiro atoms. The van der Waals surface area contributed by atoms with Gasteiger partial charge in [0.2, 0.25) is 0 Å². The normalized spacial score (nSPS) is 9.76. The van der Waals surface area contributed by atoms with Gasteiger partial charge in [0.25, 0.3) is 5.69 Å². The number of carbonyl (C=O) groups is 1. The van der Waals surface area contributed by atoms with Crippen LogP contribution in [-0.2, 0) is 9.53 Å². The third-order valence-electron chi connectivity index (χ3n) is 2.02. The van der Waals surface area contributed by atoms with Crippen molar-refractivity contribution in [1.29, 1.82) is 0 Å². The van der Waals surface area contributed by atoms with E-state index in [4.69, 9.17) is 9.47 Å². The number of benzene rings is 1. The van der Waals surface area contributed by atoms with E-state index in [2.05, 4.69) is 0 Å². The molecule has 0 aliphatic rings. The van der Waals surface area contributed by atoms with E-state index in [1.54, 1.807) is 13.8 Å². The van der Waals surface area contributed by atoms with Gasteiger partial charge in [0, 0.05) is 12.1 Å². The molecule has 17 heavy (non-hydrogen) atoms. The molecule has 1 aromatic carbocycles. The summed E-state index contributed by atoms with van der Waals surface area (Å²) >= 11 is 0. The van der Waals surface area contributed by atoms with Gasteiger partial charge >= 0.3 is 5.97 Å². The molecule has 0 fully saturated rings. The molecule has 1 aromatic rings. The van der Waals surface area contributed by atoms with Crippen LogP contribution in [0.5, 0.6) is 5.75 Å². The summed E-state index contributed by atoms with van der Waals surface area (Å²) in [5.41, 5.74) is 0.592. The number of carbonyl (C=O) groups excluding carboxylic acids is 1. The Kier molecular flexibility index (Phi) is 4.45.